The van der Waals surface area contributed by atoms with E-state index in [1.54, 1.807) is 39.5 Å². The molecule has 59 heavy (non-hydrogen) atoms. The lowest BCUT2D eigenvalue weighted by molar-refractivity contribution is -0.142. The molecule has 5 amide bonds. The summed E-state index contributed by atoms with van der Waals surface area (Å²) in [6.45, 7) is 13.8. The van der Waals surface area contributed by atoms with Crippen LogP contribution in [0.15, 0.2) is 72.8 Å². The monoisotopic (exact) mass is 821 g/mol. The van der Waals surface area contributed by atoms with Crippen LogP contribution in [0.1, 0.15) is 91.7 Å². The van der Waals surface area contributed by atoms with Gasteiger partial charge < -0.3 is 45.5 Å². The number of hydrogen-bond acceptors (Lipinski definition) is 9. The van der Waals surface area contributed by atoms with Crippen molar-refractivity contribution in [3.63, 3.8) is 0 Å². The number of ether oxygens (including phenoxy) is 3. The van der Waals surface area contributed by atoms with Gasteiger partial charge in [-0.05, 0) is 82.3 Å². The first-order valence-corrected chi connectivity index (χ1v) is 20.8. The van der Waals surface area contributed by atoms with Crippen molar-refractivity contribution in [2.45, 2.75) is 130 Å². The molecular formula is C45H67N5O9. The summed E-state index contributed by atoms with van der Waals surface area (Å²) in [6.07, 6.45) is 3.87. The molecule has 2 aromatic rings. The Kier molecular flexibility index (Phi) is 19.9. The highest BCUT2D eigenvalue weighted by molar-refractivity contribution is 5.93. The van der Waals surface area contributed by atoms with E-state index in [9.17, 15) is 29.1 Å². The van der Waals surface area contributed by atoms with Gasteiger partial charge in [0.15, 0.2) is 6.29 Å². The van der Waals surface area contributed by atoms with Crippen LogP contribution in [0.5, 0.6) is 0 Å². The van der Waals surface area contributed by atoms with Crippen LogP contribution in [-0.2, 0) is 41.6 Å². The first-order valence-electron chi connectivity index (χ1n) is 20.8. The Labute approximate surface area is 350 Å². The van der Waals surface area contributed by atoms with Crippen LogP contribution in [-0.4, -0.2) is 96.2 Å². The SMILES string of the molecule is CO[C@H](O)[C@@H](CCCNC(=O)OCc1ccccc1)NC(=O)[C@@H](NC(=O)C1CCCN1C(=O)[C@H](/C=C/C(CC(C)C)NC(=O)OC(C)(C)C)Cc1ccccc1)C(C)C. The summed E-state index contributed by atoms with van der Waals surface area (Å²) in [5.74, 6) is -1.92. The predicted molar refractivity (Wildman–Crippen MR) is 226 cm³/mol. The zero-order valence-corrected chi connectivity index (χ0v) is 36.1. The Balaban J connectivity index is 1.69. The number of alkyl carbamates (subject to hydrolysis) is 2. The molecule has 2 aromatic carbocycles. The van der Waals surface area contributed by atoms with E-state index in [0.29, 0.717) is 38.6 Å². The maximum Gasteiger partial charge on any atom is 0.408 e. The van der Waals surface area contributed by atoms with E-state index in [4.69, 9.17) is 14.2 Å². The number of amides is 5. The van der Waals surface area contributed by atoms with Crippen molar-refractivity contribution in [1.82, 2.24) is 26.2 Å². The molecule has 6 atom stereocenters. The van der Waals surface area contributed by atoms with Gasteiger partial charge in [-0.1, -0.05) is 101 Å². The Morgan fingerprint density at radius 1 is 0.881 bits per heavy atom. The lowest BCUT2D eigenvalue weighted by atomic mass is 9.94. The van der Waals surface area contributed by atoms with Crippen LogP contribution in [0.3, 0.4) is 0 Å². The summed E-state index contributed by atoms with van der Waals surface area (Å²) in [5.41, 5.74) is 1.13. The molecule has 1 heterocycles. The van der Waals surface area contributed by atoms with Crippen molar-refractivity contribution in [2.75, 3.05) is 20.2 Å². The third-order valence-electron chi connectivity index (χ3n) is 9.79. The molecule has 0 saturated carbocycles. The zero-order chi connectivity index (χ0) is 43.5. The molecule has 2 unspecified atom stereocenters. The van der Waals surface area contributed by atoms with Gasteiger partial charge in [-0.15, -0.1) is 0 Å². The van der Waals surface area contributed by atoms with E-state index in [2.05, 4.69) is 35.1 Å². The van der Waals surface area contributed by atoms with Crippen LogP contribution in [0, 0.1) is 17.8 Å². The molecule has 1 saturated heterocycles. The fourth-order valence-corrected chi connectivity index (χ4v) is 6.84. The molecule has 1 aliphatic heterocycles. The zero-order valence-electron chi connectivity index (χ0n) is 36.1. The third kappa shape index (κ3) is 17.4. The minimum Gasteiger partial charge on any atom is -0.445 e. The molecule has 3 rings (SSSR count). The van der Waals surface area contributed by atoms with Crippen molar-refractivity contribution in [3.05, 3.63) is 83.9 Å². The van der Waals surface area contributed by atoms with Crippen molar-refractivity contribution in [2.24, 2.45) is 17.8 Å². The first-order chi connectivity index (χ1) is 28.0. The van der Waals surface area contributed by atoms with Crippen LogP contribution >= 0.6 is 0 Å². The third-order valence-corrected chi connectivity index (χ3v) is 9.79. The van der Waals surface area contributed by atoms with Crippen LogP contribution in [0.4, 0.5) is 9.59 Å². The van der Waals surface area contributed by atoms with E-state index < -0.39 is 66.0 Å². The Hall–Kier alpha value is -4.95. The first kappa shape index (κ1) is 48.4. The van der Waals surface area contributed by atoms with E-state index in [0.717, 1.165) is 11.1 Å². The highest BCUT2D eigenvalue weighted by Crippen LogP contribution is 2.24. The van der Waals surface area contributed by atoms with Gasteiger partial charge in [0, 0.05) is 20.2 Å². The lowest BCUT2D eigenvalue weighted by Crippen LogP contribution is -2.57. The summed E-state index contributed by atoms with van der Waals surface area (Å²) in [4.78, 5) is 68.6. The fourth-order valence-electron chi connectivity index (χ4n) is 6.84. The lowest BCUT2D eigenvalue weighted by Gasteiger charge is -2.31. The topological polar surface area (TPSA) is 185 Å². The van der Waals surface area contributed by atoms with Gasteiger partial charge in [0.05, 0.1) is 18.0 Å². The second-order valence-corrected chi connectivity index (χ2v) is 16.9. The molecule has 14 heteroatoms. The molecule has 5 N–H and O–H groups in total. The average Bonchev–Trinajstić information content (AvgIpc) is 3.68. The molecule has 1 aliphatic rings. The normalized spacial score (nSPS) is 16.9. The van der Waals surface area contributed by atoms with Gasteiger partial charge in [0.25, 0.3) is 0 Å². The molecule has 0 aliphatic carbocycles. The summed E-state index contributed by atoms with van der Waals surface area (Å²) >= 11 is 0. The summed E-state index contributed by atoms with van der Waals surface area (Å²) < 4.78 is 15.9. The minimum atomic E-state index is -1.34. The van der Waals surface area contributed by atoms with E-state index in [-0.39, 0.29) is 37.3 Å². The quantitative estimate of drug-likeness (QED) is 0.0605. The van der Waals surface area contributed by atoms with E-state index in [1.165, 1.54) is 7.11 Å². The number of likely N-dealkylation sites (tertiary alicyclic amines) is 1. The number of nitrogens with zero attached hydrogens (tertiary/aromatic N) is 1. The minimum absolute atomic E-state index is 0.127. The number of aliphatic hydroxyl groups excluding tert-OH is 1. The molecule has 0 bridgehead atoms. The van der Waals surface area contributed by atoms with Gasteiger partial charge >= 0.3 is 12.2 Å². The standard InChI is InChI=1S/C45H67N5O9/c1-30(2)27-35(47-44(56)59-45(5,6)7)24-23-34(28-32-17-11-9-12-18-32)41(53)50-26-16-22-37(50)39(51)49-38(31(3)4)40(52)48-36(42(54)57-8)21-15-25-46-43(55)58-29-33-19-13-10-14-20-33/h9-14,17-20,23-24,30-31,34-38,42,54H,15-16,21-22,25-29H2,1-8H3,(H,46,55)(H,47,56)(H,48,52)(H,49,51)/b24-23+/t34-,35?,36-,37?,38+,42+/m1/s1. The summed E-state index contributed by atoms with van der Waals surface area (Å²) in [5, 5.41) is 21.9. The highest BCUT2D eigenvalue weighted by Gasteiger charge is 2.39. The fraction of sp³-hybridized carbons (Fsp3) is 0.578. The van der Waals surface area contributed by atoms with Crippen molar-refractivity contribution in [3.8, 4) is 0 Å². The van der Waals surface area contributed by atoms with Gasteiger partial charge in [0.2, 0.25) is 17.7 Å². The Morgan fingerprint density at radius 2 is 1.53 bits per heavy atom. The van der Waals surface area contributed by atoms with Gasteiger partial charge in [-0.25, -0.2) is 9.59 Å². The van der Waals surface area contributed by atoms with Crippen LogP contribution in [0.2, 0.25) is 0 Å². The van der Waals surface area contributed by atoms with Gasteiger partial charge in [-0.2, -0.15) is 0 Å². The van der Waals surface area contributed by atoms with E-state index >= 15 is 0 Å². The molecule has 0 radical (unpaired) electrons. The van der Waals surface area contributed by atoms with Crippen molar-refractivity contribution < 1.29 is 43.3 Å². The second-order valence-electron chi connectivity index (χ2n) is 16.9. The maximum atomic E-state index is 14.4. The average molecular weight is 822 g/mol. The van der Waals surface area contributed by atoms with Crippen molar-refractivity contribution in [1.29, 1.82) is 0 Å². The van der Waals surface area contributed by atoms with Gasteiger partial charge in [0.1, 0.15) is 24.3 Å². The number of rotatable bonds is 21. The number of nitrogens with one attached hydrogen (secondary N) is 4. The molecule has 326 valence electrons. The molecule has 1 fully saturated rings. The second kappa shape index (κ2) is 24.2. The maximum absolute atomic E-state index is 14.4. The highest BCUT2D eigenvalue weighted by atomic mass is 16.6. The number of benzene rings is 2. The molecule has 0 spiro atoms. The number of aliphatic hydroxyl groups is 1. The van der Waals surface area contributed by atoms with Crippen LogP contribution in [0.25, 0.3) is 0 Å². The summed E-state index contributed by atoms with van der Waals surface area (Å²) in [6, 6.07) is 15.9. The number of carbonyl (C=O) groups is 5. The predicted octanol–water partition coefficient (Wildman–Crippen LogP) is 5.63. The number of carbonyl (C=O) groups excluding carboxylic acids is 5. The Bertz CT molecular complexity index is 1650. The number of methoxy groups -OCH3 is 1. The smallest absolute Gasteiger partial charge is 0.408 e. The molecule has 0 aromatic heterocycles. The van der Waals surface area contributed by atoms with Crippen LogP contribution < -0.4 is 21.3 Å². The van der Waals surface area contributed by atoms with Gasteiger partial charge in [-0.3, -0.25) is 14.4 Å². The number of hydrogen-bond donors (Lipinski definition) is 5. The largest absolute Gasteiger partial charge is 0.445 e. The molecular weight excluding hydrogens is 755 g/mol. The van der Waals surface area contributed by atoms with E-state index in [1.807, 2.05) is 72.8 Å². The Morgan fingerprint density at radius 3 is 2.12 bits per heavy atom. The molecule has 14 nitrogen and oxygen atoms in total. The van der Waals surface area contributed by atoms with Crippen molar-refractivity contribution >= 4 is 29.9 Å². The summed E-state index contributed by atoms with van der Waals surface area (Å²) in [7, 11) is 1.32.